The maximum Gasteiger partial charge on any atom is 0.243 e. The zero-order chi connectivity index (χ0) is 22.7. The Labute approximate surface area is 191 Å². The van der Waals surface area contributed by atoms with Crippen LogP contribution in [0, 0.1) is 0 Å². The van der Waals surface area contributed by atoms with Crippen LogP contribution in [0.4, 0.5) is 5.69 Å². The number of aromatic nitrogens is 3. The van der Waals surface area contributed by atoms with Crippen molar-refractivity contribution in [1.82, 2.24) is 19.1 Å². The van der Waals surface area contributed by atoms with Crippen molar-refractivity contribution in [2.75, 3.05) is 44.5 Å². The quantitative estimate of drug-likeness (QED) is 0.540. The molecule has 1 saturated heterocycles. The van der Waals surface area contributed by atoms with Crippen LogP contribution in [0.15, 0.2) is 28.3 Å². The van der Waals surface area contributed by atoms with Gasteiger partial charge in [-0.3, -0.25) is 4.79 Å². The van der Waals surface area contributed by atoms with E-state index in [0.29, 0.717) is 48.8 Å². The lowest BCUT2D eigenvalue weighted by Crippen LogP contribution is -2.40. The first-order chi connectivity index (χ1) is 15.4. The maximum atomic E-state index is 13.0. The number of anilines is 1. The first-order valence-electron chi connectivity index (χ1n) is 10.6. The van der Waals surface area contributed by atoms with Gasteiger partial charge in [-0.1, -0.05) is 11.8 Å². The Morgan fingerprint density at radius 1 is 1.28 bits per heavy atom. The Morgan fingerprint density at radius 3 is 2.69 bits per heavy atom. The molecule has 32 heavy (non-hydrogen) atoms. The third-order valence-electron chi connectivity index (χ3n) is 5.39. The van der Waals surface area contributed by atoms with Crippen molar-refractivity contribution in [3.63, 3.8) is 0 Å². The van der Waals surface area contributed by atoms with Gasteiger partial charge in [0.2, 0.25) is 15.9 Å². The lowest BCUT2D eigenvalue weighted by atomic mass is 10.3. The Kier molecular flexibility index (Phi) is 7.03. The van der Waals surface area contributed by atoms with E-state index in [9.17, 15) is 13.2 Å². The van der Waals surface area contributed by atoms with E-state index in [1.54, 1.807) is 6.07 Å². The van der Waals surface area contributed by atoms with Crippen molar-refractivity contribution in [3.8, 4) is 5.75 Å². The van der Waals surface area contributed by atoms with Gasteiger partial charge in [-0.15, -0.1) is 10.2 Å². The summed E-state index contributed by atoms with van der Waals surface area (Å²) < 4.78 is 39.9. The van der Waals surface area contributed by atoms with Gasteiger partial charge in [0.05, 0.1) is 36.7 Å². The average Bonchev–Trinajstić information content (AvgIpc) is 3.57. The number of rotatable bonds is 9. The summed E-state index contributed by atoms with van der Waals surface area (Å²) in [7, 11) is -2.22. The molecule has 2 aromatic rings. The van der Waals surface area contributed by atoms with E-state index < -0.39 is 10.0 Å². The molecular weight excluding hydrogens is 454 g/mol. The van der Waals surface area contributed by atoms with Gasteiger partial charge in [0.1, 0.15) is 11.6 Å². The number of amides is 1. The molecule has 12 heteroatoms. The monoisotopic (exact) mass is 481 g/mol. The first-order valence-corrected chi connectivity index (χ1v) is 13.0. The second kappa shape index (κ2) is 9.77. The van der Waals surface area contributed by atoms with Gasteiger partial charge in [0.25, 0.3) is 0 Å². The summed E-state index contributed by atoms with van der Waals surface area (Å²) in [5, 5.41) is 12.0. The smallest absolute Gasteiger partial charge is 0.243 e. The molecule has 4 rings (SSSR count). The molecule has 1 saturated carbocycles. The van der Waals surface area contributed by atoms with Crippen molar-refractivity contribution in [1.29, 1.82) is 0 Å². The van der Waals surface area contributed by atoms with Crippen molar-refractivity contribution in [3.05, 3.63) is 24.0 Å². The molecule has 1 aromatic carbocycles. The number of sulfonamides is 1. The molecule has 1 N–H and O–H groups in total. The van der Waals surface area contributed by atoms with Crippen LogP contribution in [0.2, 0.25) is 0 Å². The van der Waals surface area contributed by atoms with Gasteiger partial charge in [-0.25, -0.2) is 8.42 Å². The minimum absolute atomic E-state index is 0.1000. The summed E-state index contributed by atoms with van der Waals surface area (Å²) in [5.74, 6) is 1.68. The van der Waals surface area contributed by atoms with Gasteiger partial charge < -0.3 is 19.4 Å². The zero-order valence-corrected chi connectivity index (χ0v) is 19.7. The van der Waals surface area contributed by atoms with Crippen LogP contribution in [-0.2, 0) is 26.1 Å². The lowest BCUT2D eigenvalue weighted by Gasteiger charge is -2.26. The number of nitrogens with zero attached hydrogens (tertiary/aromatic N) is 4. The third-order valence-corrected chi connectivity index (χ3v) is 8.25. The Bertz CT molecular complexity index is 1080. The topological polar surface area (TPSA) is 116 Å². The van der Waals surface area contributed by atoms with Gasteiger partial charge in [-0.2, -0.15) is 4.31 Å². The number of ether oxygens (including phenoxy) is 2. The third kappa shape index (κ3) is 4.92. The molecule has 1 aromatic heterocycles. The second-order valence-electron chi connectivity index (χ2n) is 7.57. The van der Waals surface area contributed by atoms with E-state index in [0.717, 1.165) is 25.2 Å². The van der Waals surface area contributed by atoms with E-state index in [1.807, 2.05) is 11.5 Å². The molecule has 0 unspecified atom stereocenters. The number of benzene rings is 1. The van der Waals surface area contributed by atoms with E-state index in [-0.39, 0.29) is 16.6 Å². The largest absolute Gasteiger partial charge is 0.495 e. The highest BCUT2D eigenvalue weighted by Gasteiger charge is 2.30. The van der Waals surface area contributed by atoms with Crippen LogP contribution >= 0.6 is 11.8 Å². The minimum Gasteiger partial charge on any atom is -0.495 e. The van der Waals surface area contributed by atoms with E-state index in [4.69, 9.17) is 9.47 Å². The predicted molar refractivity (Wildman–Crippen MR) is 120 cm³/mol. The van der Waals surface area contributed by atoms with Crippen molar-refractivity contribution < 1.29 is 22.7 Å². The number of hydrogen-bond donors (Lipinski definition) is 1. The Hall–Kier alpha value is -2.15. The maximum absolute atomic E-state index is 13.0. The fraction of sp³-hybridized carbons (Fsp3) is 0.550. The Morgan fingerprint density at radius 2 is 2.03 bits per heavy atom. The molecule has 1 amide bonds. The lowest BCUT2D eigenvalue weighted by molar-refractivity contribution is -0.113. The molecule has 2 aliphatic rings. The first kappa shape index (κ1) is 23.0. The molecule has 1 aliphatic carbocycles. The molecular formula is C20H27N5O5S2. The van der Waals surface area contributed by atoms with Gasteiger partial charge >= 0.3 is 0 Å². The van der Waals surface area contributed by atoms with Crippen LogP contribution in [0.3, 0.4) is 0 Å². The minimum atomic E-state index is -3.69. The summed E-state index contributed by atoms with van der Waals surface area (Å²) in [5.41, 5.74) is 0.308. The van der Waals surface area contributed by atoms with Crippen molar-refractivity contribution >= 4 is 33.4 Å². The van der Waals surface area contributed by atoms with Crippen LogP contribution in [-0.4, -0.2) is 72.6 Å². The molecule has 0 atom stereocenters. The molecule has 10 nitrogen and oxygen atoms in total. The highest BCUT2D eigenvalue weighted by atomic mass is 32.2. The summed E-state index contributed by atoms with van der Waals surface area (Å²) in [4.78, 5) is 12.7. The number of carbonyl (C=O) groups excluding carboxylic acids is 1. The normalized spacial score (nSPS) is 17.3. The van der Waals surface area contributed by atoms with E-state index >= 15 is 0 Å². The second-order valence-corrected chi connectivity index (χ2v) is 10.5. The number of nitrogens with one attached hydrogen (secondary N) is 1. The summed E-state index contributed by atoms with van der Waals surface area (Å²) >= 11 is 1.31. The van der Waals surface area contributed by atoms with Crippen molar-refractivity contribution in [2.24, 2.45) is 0 Å². The SMILES string of the molecule is CCn1c(SCC(=O)Nc2cc(S(=O)(=O)N3CCOCC3)ccc2OC)nnc1C1CC1. The van der Waals surface area contributed by atoms with Crippen LogP contribution < -0.4 is 10.1 Å². The molecule has 0 bridgehead atoms. The highest BCUT2D eigenvalue weighted by molar-refractivity contribution is 7.99. The number of thioether (sulfide) groups is 1. The number of hydrogen-bond acceptors (Lipinski definition) is 8. The molecule has 0 radical (unpaired) electrons. The van der Waals surface area contributed by atoms with Gasteiger partial charge in [0, 0.05) is 25.6 Å². The number of carbonyl (C=O) groups is 1. The fourth-order valence-corrected chi connectivity index (χ4v) is 5.79. The van der Waals surface area contributed by atoms with Gasteiger partial charge in [0.15, 0.2) is 5.16 Å². The van der Waals surface area contributed by atoms with Crippen LogP contribution in [0.1, 0.15) is 31.5 Å². The number of morpholine rings is 1. The predicted octanol–water partition coefficient (Wildman–Crippen LogP) is 1.94. The summed E-state index contributed by atoms with van der Waals surface area (Å²) in [6.07, 6.45) is 2.26. The average molecular weight is 482 g/mol. The summed E-state index contributed by atoms with van der Waals surface area (Å²) in [6, 6.07) is 4.47. The fourth-order valence-electron chi connectivity index (χ4n) is 3.55. The zero-order valence-electron chi connectivity index (χ0n) is 18.1. The van der Waals surface area contributed by atoms with E-state index in [2.05, 4.69) is 15.5 Å². The number of methoxy groups -OCH3 is 1. The van der Waals surface area contributed by atoms with Crippen LogP contribution in [0.5, 0.6) is 5.75 Å². The van der Waals surface area contributed by atoms with Crippen LogP contribution in [0.25, 0.3) is 0 Å². The molecule has 174 valence electrons. The molecule has 2 heterocycles. The van der Waals surface area contributed by atoms with Crippen molar-refractivity contribution in [2.45, 2.75) is 42.3 Å². The van der Waals surface area contributed by atoms with E-state index in [1.165, 1.54) is 35.3 Å². The Balaban J connectivity index is 1.46. The molecule has 2 fully saturated rings. The standard InChI is InChI=1S/C20H27N5O5S2/c1-3-25-19(14-4-5-14)22-23-20(25)31-13-18(26)21-16-12-15(6-7-17(16)29-2)32(27,28)24-8-10-30-11-9-24/h6-7,12,14H,3-5,8-11,13H2,1-2H3,(H,21,26). The summed E-state index contributed by atoms with van der Waals surface area (Å²) in [6.45, 7) is 4.10. The molecule has 1 aliphatic heterocycles. The molecule has 0 spiro atoms. The van der Waals surface area contributed by atoms with Gasteiger partial charge in [-0.05, 0) is 38.0 Å². The highest BCUT2D eigenvalue weighted by Crippen LogP contribution is 2.40.